The zero-order chi connectivity index (χ0) is 30.0. The Balaban J connectivity index is 1.51. The minimum atomic E-state index is -3.16. The van der Waals surface area contributed by atoms with Crippen LogP contribution in [0, 0.1) is 0 Å². The fraction of sp³-hybridized carbons (Fsp3) is 0.538. The van der Waals surface area contributed by atoms with Crippen molar-refractivity contribution in [3.8, 4) is 0 Å². The summed E-state index contributed by atoms with van der Waals surface area (Å²) in [5, 5.41) is 0. The van der Waals surface area contributed by atoms with Crippen LogP contribution in [0.1, 0.15) is 41.5 Å². The van der Waals surface area contributed by atoms with E-state index in [4.69, 9.17) is 26.6 Å². The molecule has 0 radical (unpaired) electrons. The largest absolute Gasteiger partial charge is 0.635 e. The van der Waals surface area contributed by atoms with Crippen LogP contribution >= 0.6 is 64.8 Å². The average molecular weight is 725 g/mol. The number of thioether (sulfide) groups is 2. The van der Waals surface area contributed by atoms with Crippen LogP contribution in [0.4, 0.5) is 11.4 Å². The van der Waals surface area contributed by atoms with Crippen molar-refractivity contribution in [2.75, 3.05) is 48.8 Å². The zero-order valence-electron chi connectivity index (χ0n) is 24.8. The van der Waals surface area contributed by atoms with Gasteiger partial charge in [0.05, 0.1) is 0 Å². The Bertz CT molecular complexity index is 1010. The number of hydrogen-bond acceptors (Lipinski definition) is 14. The standard InChI is InChI=1S/C26H40N2O6S6Si2/c1-7-29-41(30-8-2,31-9-3)27-21-17-13-15-19-23(21)35-25(27)37-39-40-38-26-28(22-18-14-16-20-24(22)36-26)42(32-10-4,33-11-5)34-12-6/h13-20,25-26H,7-12H2,1-6H3. The fourth-order valence-corrected chi connectivity index (χ4v) is 22.8. The topological polar surface area (TPSA) is 61.9 Å². The number of anilines is 2. The Hall–Kier alpha value is 0.334. The molecule has 0 aliphatic carbocycles. The summed E-state index contributed by atoms with van der Waals surface area (Å²) in [7, 11) is 0.770. The van der Waals surface area contributed by atoms with E-state index in [0.717, 1.165) is 11.4 Å². The average Bonchev–Trinajstić information content (AvgIpc) is 3.55. The molecule has 0 aromatic heterocycles. The Kier molecular flexibility index (Phi) is 14.5. The number of benzene rings is 2. The quantitative estimate of drug-likeness (QED) is 0.0790. The van der Waals surface area contributed by atoms with Crippen molar-refractivity contribution in [2.45, 2.75) is 60.7 Å². The van der Waals surface area contributed by atoms with Crippen molar-refractivity contribution in [3.63, 3.8) is 0 Å². The highest BCUT2D eigenvalue weighted by molar-refractivity contribution is 9.26. The van der Waals surface area contributed by atoms with Crippen LogP contribution in [0.15, 0.2) is 58.3 Å². The van der Waals surface area contributed by atoms with Gasteiger partial charge in [0.2, 0.25) is 0 Å². The van der Waals surface area contributed by atoms with E-state index < -0.39 is 17.9 Å². The van der Waals surface area contributed by atoms with E-state index in [2.05, 4.69) is 57.7 Å². The zero-order valence-corrected chi connectivity index (χ0v) is 31.7. The van der Waals surface area contributed by atoms with Gasteiger partial charge in [-0.05, 0) is 107 Å². The van der Waals surface area contributed by atoms with Gasteiger partial charge < -0.3 is 35.7 Å². The van der Waals surface area contributed by atoms with Gasteiger partial charge in [0.15, 0.2) is 0 Å². The molecule has 0 saturated heterocycles. The fourth-order valence-electron chi connectivity index (χ4n) is 4.60. The molecule has 2 aliphatic heterocycles. The molecule has 2 aromatic carbocycles. The van der Waals surface area contributed by atoms with Gasteiger partial charge in [-0.1, -0.05) is 47.8 Å². The predicted octanol–water partition coefficient (Wildman–Crippen LogP) is 8.55. The maximum atomic E-state index is 6.35. The van der Waals surface area contributed by atoms with Crippen LogP contribution in [0.2, 0.25) is 0 Å². The van der Waals surface area contributed by atoms with Crippen LogP contribution < -0.4 is 9.13 Å². The summed E-state index contributed by atoms with van der Waals surface area (Å²) < 4.78 is 42.7. The van der Waals surface area contributed by atoms with E-state index in [1.165, 1.54) is 9.79 Å². The van der Waals surface area contributed by atoms with E-state index in [1.807, 2.05) is 65.1 Å². The van der Waals surface area contributed by atoms with Crippen LogP contribution in [0.25, 0.3) is 0 Å². The molecular weight excluding hydrogens is 685 g/mol. The maximum absolute atomic E-state index is 6.35. The number of rotatable bonds is 19. The highest BCUT2D eigenvalue weighted by Crippen LogP contribution is 2.60. The maximum Gasteiger partial charge on any atom is 0.635 e. The first-order chi connectivity index (χ1) is 20.5. The molecule has 234 valence electrons. The molecule has 8 nitrogen and oxygen atoms in total. The molecule has 0 spiro atoms. The molecule has 42 heavy (non-hydrogen) atoms. The van der Waals surface area contributed by atoms with Gasteiger partial charge in [-0.3, -0.25) is 0 Å². The van der Waals surface area contributed by atoms with E-state index in [9.17, 15) is 0 Å². The smallest absolute Gasteiger partial charge is 0.357 e. The van der Waals surface area contributed by atoms with Gasteiger partial charge >= 0.3 is 17.9 Å². The van der Waals surface area contributed by atoms with Crippen molar-refractivity contribution in [1.82, 2.24) is 0 Å². The number of fused-ring (bicyclic) bond motifs is 2. The molecule has 16 heteroatoms. The van der Waals surface area contributed by atoms with Crippen LogP contribution in [0.3, 0.4) is 0 Å². The van der Waals surface area contributed by atoms with Gasteiger partial charge in [0.1, 0.15) is 9.41 Å². The molecule has 0 saturated carbocycles. The molecule has 2 unspecified atom stereocenters. The number of hydrogen-bond donors (Lipinski definition) is 0. The highest BCUT2D eigenvalue weighted by atomic mass is 33.7. The normalized spacial score (nSPS) is 18.5. The highest BCUT2D eigenvalue weighted by Gasteiger charge is 2.57. The lowest BCUT2D eigenvalue weighted by atomic mass is 10.3. The van der Waals surface area contributed by atoms with Gasteiger partial charge in [-0.25, -0.2) is 0 Å². The first-order valence-electron chi connectivity index (χ1n) is 14.1. The predicted molar refractivity (Wildman–Crippen MR) is 189 cm³/mol. The summed E-state index contributed by atoms with van der Waals surface area (Å²) in [6, 6.07) is 16.9. The third-order valence-corrected chi connectivity index (χ3v) is 22.8. The van der Waals surface area contributed by atoms with Crippen molar-refractivity contribution >= 4 is 94.1 Å². The molecule has 0 N–H and O–H groups in total. The Morgan fingerprint density at radius 3 is 1.17 bits per heavy atom. The molecule has 0 fully saturated rings. The summed E-state index contributed by atoms with van der Waals surface area (Å²) in [5.41, 5.74) is 2.21. The van der Waals surface area contributed by atoms with Crippen molar-refractivity contribution in [3.05, 3.63) is 48.5 Å². The molecule has 2 aromatic rings. The van der Waals surface area contributed by atoms with Crippen molar-refractivity contribution in [2.24, 2.45) is 0 Å². The number of para-hydroxylation sites is 2. The lowest BCUT2D eigenvalue weighted by Crippen LogP contribution is -2.63. The molecule has 4 rings (SSSR count). The second kappa shape index (κ2) is 17.3. The first-order valence-corrected chi connectivity index (χ1v) is 24.2. The van der Waals surface area contributed by atoms with Gasteiger partial charge in [0.25, 0.3) is 0 Å². The third kappa shape index (κ3) is 7.82. The summed E-state index contributed by atoms with van der Waals surface area (Å²) >= 11 is 3.63. The van der Waals surface area contributed by atoms with E-state index in [1.54, 1.807) is 41.2 Å². The van der Waals surface area contributed by atoms with Crippen molar-refractivity contribution < 1.29 is 26.6 Å². The lowest BCUT2D eigenvalue weighted by Gasteiger charge is -2.39. The summed E-state index contributed by atoms with van der Waals surface area (Å²) in [6.07, 6.45) is 0. The van der Waals surface area contributed by atoms with Crippen LogP contribution in [-0.4, -0.2) is 67.0 Å². The summed E-state index contributed by atoms with van der Waals surface area (Å²) in [5.74, 6) is 0. The third-order valence-electron chi connectivity index (χ3n) is 5.95. The van der Waals surface area contributed by atoms with Crippen LogP contribution in [0.5, 0.6) is 0 Å². The Labute approximate surface area is 276 Å². The molecule has 2 aliphatic rings. The SMILES string of the molecule is CCO[Si](OCC)(OCC)N1c2ccccc2SC1SSSSC1Sc2ccccc2N1[Si](OCC)(OCC)OCC. The molecular formula is C26H40N2O6S6Si2. The van der Waals surface area contributed by atoms with E-state index in [0.29, 0.717) is 39.6 Å². The second-order valence-electron chi connectivity index (χ2n) is 8.50. The Morgan fingerprint density at radius 1 is 0.548 bits per heavy atom. The van der Waals surface area contributed by atoms with Crippen molar-refractivity contribution in [1.29, 1.82) is 0 Å². The minimum Gasteiger partial charge on any atom is -0.357 e. The Morgan fingerprint density at radius 2 is 0.857 bits per heavy atom. The minimum absolute atomic E-state index is 0.0325. The molecule has 0 bridgehead atoms. The second-order valence-corrected chi connectivity index (χ2v) is 22.1. The summed E-state index contributed by atoms with van der Waals surface area (Å²) in [4.78, 5) is 2.41. The summed E-state index contributed by atoms with van der Waals surface area (Å²) in [6.45, 7) is 15.1. The lowest BCUT2D eigenvalue weighted by molar-refractivity contribution is 0.0690. The van der Waals surface area contributed by atoms with Gasteiger partial charge in [0, 0.05) is 60.8 Å². The molecule has 2 atom stereocenters. The van der Waals surface area contributed by atoms with Gasteiger partial charge in [-0.15, -0.1) is 0 Å². The molecule has 0 amide bonds. The monoisotopic (exact) mass is 724 g/mol. The first kappa shape index (κ1) is 35.2. The van der Waals surface area contributed by atoms with E-state index >= 15 is 0 Å². The van der Waals surface area contributed by atoms with Crippen LogP contribution in [-0.2, 0) is 26.6 Å². The van der Waals surface area contributed by atoms with Gasteiger partial charge in [-0.2, -0.15) is 0 Å². The molecule has 2 heterocycles. The number of nitrogens with zero attached hydrogens (tertiary/aromatic N) is 2. The van der Waals surface area contributed by atoms with E-state index in [-0.39, 0.29) is 9.41 Å².